The SMILES string of the molecule is CCN(C1CNC1)S(=O)(=O)c1cc(C)sc1C. The minimum Gasteiger partial charge on any atom is -0.313 e. The fraction of sp³-hybridized carbons (Fsp3) is 0.636. The number of aryl methyl sites for hydroxylation is 2. The van der Waals surface area contributed by atoms with Gasteiger partial charge in [0.1, 0.15) is 0 Å². The van der Waals surface area contributed by atoms with Crippen molar-refractivity contribution in [2.75, 3.05) is 19.6 Å². The first-order chi connectivity index (χ1) is 7.96. The normalized spacial score (nSPS) is 17.4. The summed E-state index contributed by atoms with van der Waals surface area (Å²) >= 11 is 1.54. The van der Waals surface area contributed by atoms with Gasteiger partial charge >= 0.3 is 0 Å². The van der Waals surface area contributed by atoms with Crippen LogP contribution in [0, 0.1) is 13.8 Å². The first-order valence-corrected chi connectivity index (χ1v) is 8.02. The van der Waals surface area contributed by atoms with E-state index in [-0.39, 0.29) is 6.04 Å². The van der Waals surface area contributed by atoms with E-state index in [0.29, 0.717) is 11.4 Å². The molecule has 1 aliphatic rings. The number of sulfonamides is 1. The predicted octanol–water partition coefficient (Wildman–Crippen LogP) is 1.35. The Hall–Kier alpha value is -0.430. The lowest BCUT2D eigenvalue weighted by atomic mass is 10.2. The lowest BCUT2D eigenvalue weighted by Crippen LogP contribution is -2.58. The maximum absolute atomic E-state index is 12.5. The maximum Gasteiger partial charge on any atom is 0.244 e. The van der Waals surface area contributed by atoms with Crippen LogP contribution < -0.4 is 5.32 Å². The van der Waals surface area contributed by atoms with Gasteiger partial charge in [-0.1, -0.05) is 6.92 Å². The number of nitrogens with zero attached hydrogens (tertiary/aromatic N) is 1. The standard InChI is InChI=1S/C11H18N2O2S2/c1-4-13(10-6-12-7-10)17(14,15)11-5-8(2)16-9(11)3/h5,10,12H,4,6-7H2,1-3H3. The van der Waals surface area contributed by atoms with Crippen molar-refractivity contribution >= 4 is 21.4 Å². The van der Waals surface area contributed by atoms with Gasteiger partial charge in [0, 0.05) is 35.4 Å². The molecule has 0 bridgehead atoms. The van der Waals surface area contributed by atoms with Crippen molar-refractivity contribution in [3.63, 3.8) is 0 Å². The number of likely N-dealkylation sites (N-methyl/N-ethyl adjacent to an activating group) is 1. The third kappa shape index (κ3) is 2.27. The van der Waals surface area contributed by atoms with Crippen LogP contribution in [-0.4, -0.2) is 38.4 Å². The highest BCUT2D eigenvalue weighted by Crippen LogP contribution is 2.29. The van der Waals surface area contributed by atoms with E-state index in [4.69, 9.17) is 0 Å². The van der Waals surface area contributed by atoms with Gasteiger partial charge in [0.05, 0.1) is 4.90 Å². The molecule has 2 rings (SSSR count). The molecule has 1 fully saturated rings. The molecule has 0 atom stereocenters. The van der Waals surface area contributed by atoms with E-state index in [1.54, 1.807) is 10.4 Å². The van der Waals surface area contributed by atoms with E-state index < -0.39 is 10.0 Å². The average Bonchev–Trinajstić information content (AvgIpc) is 2.51. The van der Waals surface area contributed by atoms with E-state index >= 15 is 0 Å². The van der Waals surface area contributed by atoms with E-state index in [1.807, 2.05) is 20.8 Å². The van der Waals surface area contributed by atoms with Crippen LogP contribution in [0.3, 0.4) is 0 Å². The first kappa shape index (κ1) is 13.0. The third-order valence-corrected chi connectivity index (χ3v) is 6.31. The summed E-state index contributed by atoms with van der Waals surface area (Å²) in [6.07, 6.45) is 0. The minimum absolute atomic E-state index is 0.115. The lowest BCUT2D eigenvalue weighted by molar-refractivity contribution is 0.249. The molecule has 0 aromatic carbocycles. The molecule has 1 aromatic rings. The average molecular weight is 274 g/mol. The summed E-state index contributed by atoms with van der Waals surface area (Å²) in [5.74, 6) is 0. The molecular formula is C11H18N2O2S2. The molecule has 96 valence electrons. The summed E-state index contributed by atoms with van der Waals surface area (Å²) in [4.78, 5) is 2.41. The second-order valence-corrected chi connectivity index (χ2v) is 7.62. The van der Waals surface area contributed by atoms with E-state index in [0.717, 1.165) is 22.8 Å². The van der Waals surface area contributed by atoms with E-state index in [9.17, 15) is 8.42 Å². The predicted molar refractivity (Wildman–Crippen MR) is 70.0 cm³/mol. The van der Waals surface area contributed by atoms with Crippen molar-refractivity contribution in [3.8, 4) is 0 Å². The number of thiophene rings is 1. The first-order valence-electron chi connectivity index (χ1n) is 5.76. The molecule has 0 amide bonds. The molecule has 0 radical (unpaired) electrons. The molecule has 2 heterocycles. The maximum atomic E-state index is 12.5. The van der Waals surface area contributed by atoms with Crippen LogP contribution in [0.1, 0.15) is 16.7 Å². The largest absolute Gasteiger partial charge is 0.313 e. The molecule has 1 saturated heterocycles. The number of rotatable bonds is 4. The van der Waals surface area contributed by atoms with Crippen molar-refractivity contribution in [2.24, 2.45) is 0 Å². The summed E-state index contributed by atoms with van der Waals surface area (Å²) in [7, 11) is -3.32. The van der Waals surface area contributed by atoms with Crippen molar-refractivity contribution in [1.29, 1.82) is 0 Å². The van der Waals surface area contributed by atoms with Gasteiger partial charge in [0.15, 0.2) is 0 Å². The van der Waals surface area contributed by atoms with Gasteiger partial charge in [0.2, 0.25) is 10.0 Å². The van der Waals surface area contributed by atoms with Gasteiger partial charge in [0.25, 0.3) is 0 Å². The smallest absolute Gasteiger partial charge is 0.244 e. The summed E-state index contributed by atoms with van der Waals surface area (Å²) in [5, 5.41) is 3.12. The van der Waals surface area contributed by atoms with Crippen molar-refractivity contribution in [1.82, 2.24) is 9.62 Å². The van der Waals surface area contributed by atoms with Gasteiger partial charge in [-0.25, -0.2) is 8.42 Å². The second-order valence-electron chi connectivity index (χ2n) is 4.30. The molecule has 0 saturated carbocycles. The molecule has 1 N–H and O–H groups in total. The Labute approximate surface area is 107 Å². The van der Waals surface area contributed by atoms with Gasteiger partial charge in [-0.2, -0.15) is 4.31 Å². The zero-order valence-corrected chi connectivity index (χ0v) is 12.0. The summed E-state index contributed by atoms with van der Waals surface area (Å²) < 4.78 is 26.7. The minimum atomic E-state index is -3.32. The zero-order valence-electron chi connectivity index (χ0n) is 10.4. The van der Waals surface area contributed by atoms with E-state index in [2.05, 4.69) is 5.32 Å². The molecule has 0 unspecified atom stereocenters. The molecule has 1 aliphatic heterocycles. The molecular weight excluding hydrogens is 256 g/mol. The Morgan fingerprint density at radius 2 is 2.12 bits per heavy atom. The van der Waals surface area contributed by atoms with Gasteiger partial charge in [-0.3, -0.25) is 0 Å². The van der Waals surface area contributed by atoms with Crippen LogP contribution in [0.4, 0.5) is 0 Å². The van der Waals surface area contributed by atoms with Crippen molar-refractivity contribution in [3.05, 3.63) is 15.8 Å². The highest BCUT2D eigenvalue weighted by Gasteiger charge is 2.34. The van der Waals surface area contributed by atoms with Crippen LogP contribution in [0.25, 0.3) is 0 Å². The monoisotopic (exact) mass is 274 g/mol. The van der Waals surface area contributed by atoms with Crippen LogP contribution in [0.5, 0.6) is 0 Å². The highest BCUT2D eigenvalue weighted by atomic mass is 32.2. The van der Waals surface area contributed by atoms with Crippen LogP contribution in [0.2, 0.25) is 0 Å². The fourth-order valence-electron chi connectivity index (χ4n) is 2.09. The van der Waals surface area contributed by atoms with Gasteiger partial charge in [-0.05, 0) is 19.9 Å². The van der Waals surface area contributed by atoms with Crippen LogP contribution in [0.15, 0.2) is 11.0 Å². The number of hydrogen-bond donors (Lipinski definition) is 1. The fourth-order valence-corrected chi connectivity index (χ4v) is 5.25. The van der Waals surface area contributed by atoms with Gasteiger partial charge < -0.3 is 5.32 Å². The Morgan fingerprint density at radius 1 is 1.47 bits per heavy atom. The second kappa shape index (κ2) is 4.68. The Kier molecular flexibility index (Phi) is 3.58. The molecule has 17 heavy (non-hydrogen) atoms. The molecule has 4 nitrogen and oxygen atoms in total. The highest BCUT2D eigenvalue weighted by molar-refractivity contribution is 7.89. The molecule has 0 aliphatic carbocycles. The molecule has 6 heteroatoms. The summed E-state index contributed by atoms with van der Waals surface area (Å²) in [5.41, 5.74) is 0. The van der Waals surface area contributed by atoms with Crippen molar-refractivity contribution < 1.29 is 8.42 Å². The molecule has 0 spiro atoms. The Morgan fingerprint density at radius 3 is 2.47 bits per heavy atom. The number of nitrogens with one attached hydrogen (secondary N) is 1. The van der Waals surface area contributed by atoms with Crippen LogP contribution >= 0.6 is 11.3 Å². The summed E-state index contributed by atoms with van der Waals surface area (Å²) in [6, 6.07) is 1.90. The van der Waals surface area contributed by atoms with Crippen LogP contribution in [-0.2, 0) is 10.0 Å². The number of hydrogen-bond acceptors (Lipinski definition) is 4. The Balaban J connectivity index is 2.37. The van der Waals surface area contributed by atoms with Crippen molar-refractivity contribution in [2.45, 2.75) is 31.7 Å². The summed E-state index contributed by atoms with van der Waals surface area (Å²) in [6.45, 7) is 7.76. The zero-order chi connectivity index (χ0) is 12.6. The topological polar surface area (TPSA) is 49.4 Å². The van der Waals surface area contributed by atoms with Gasteiger partial charge in [-0.15, -0.1) is 11.3 Å². The lowest BCUT2D eigenvalue weighted by Gasteiger charge is -2.36. The Bertz CT molecular complexity index is 504. The molecule has 1 aromatic heterocycles. The quantitative estimate of drug-likeness (QED) is 0.901. The van der Waals surface area contributed by atoms with E-state index in [1.165, 1.54) is 11.3 Å². The third-order valence-electron chi connectivity index (χ3n) is 3.06.